The van der Waals surface area contributed by atoms with E-state index in [1.165, 1.54) is 74.4 Å². The molecule has 0 bridgehead atoms. The van der Waals surface area contributed by atoms with Gasteiger partial charge in [-0.3, -0.25) is 0 Å². The molecule has 0 spiro atoms. The Bertz CT molecular complexity index is 2290. The topological polar surface area (TPSA) is 54.0 Å². The van der Waals surface area contributed by atoms with Gasteiger partial charge in [-0.15, -0.1) is 0 Å². The van der Waals surface area contributed by atoms with Crippen LogP contribution in [-0.2, 0) is 8.98 Å². The second kappa shape index (κ2) is 18.0. The van der Waals surface area contributed by atoms with E-state index < -0.39 is 125 Å². The van der Waals surface area contributed by atoms with Gasteiger partial charge in [0.25, 0.3) is 0 Å². The van der Waals surface area contributed by atoms with E-state index in [1.807, 2.05) is 0 Å². The van der Waals surface area contributed by atoms with Crippen molar-refractivity contribution in [3.05, 3.63) is 72.8 Å². The summed E-state index contributed by atoms with van der Waals surface area (Å²) >= 11 is 0. The van der Waals surface area contributed by atoms with Crippen LogP contribution in [0.5, 0.6) is 17.2 Å². The molecule has 0 saturated carbocycles. The van der Waals surface area contributed by atoms with Gasteiger partial charge < -0.3 is 18.4 Å². The average Bonchev–Trinajstić information content (AvgIpc) is 3.17. The van der Waals surface area contributed by atoms with Gasteiger partial charge in [0.05, 0.1) is 0 Å². The molecule has 0 saturated heterocycles. The molecule has 5 nitrogen and oxygen atoms in total. The first-order valence-electron chi connectivity index (χ1n) is 19.5. The Morgan fingerprint density at radius 1 is 0.380 bits per heavy atom. The van der Waals surface area contributed by atoms with E-state index >= 15 is 35.1 Å². The third kappa shape index (κ3) is 10.0. The zero-order valence-corrected chi connectivity index (χ0v) is 38.4. The summed E-state index contributed by atoms with van der Waals surface area (Å²) in [5.74, 6) is -96.9. The number of hydrogen-bond acceptors (Lipinski definition) is 5. The van der Waals surface area contributed by atoms with Gasteiger partial charge in [0.15, 0.2) is 0 Å². The fourth-order valence-corrected chi connectivity index (χ4v) is 9.04. The third-order valence-electron chi connectivity index (χ3n) is 9.05. The monoisotopic (exact) mass is 1090 g/mol. The molecule has 0 aromatic heterocycles. The van der Waals surface area contributed by atoms with Gasteiger partial charge in [0.1, 0.15) is 38.9 Å². The summed E-state index contributed by atoms with van der Waals surface area (Å²) in [4.78, 5) is 11.7. The molecule has 404 valence electrons. The van der Waals surface area contributed by atoms with Crippen molar-refractivity contribution < 1.29 is 124 Å². The van der Waals surface area contributed by atoms with Crippen molar-refractivity contribution in [3.63, 3.8) is 0 Å². The molecule has 0 fully saturated rings. The quantitative estimate of drug-likeness (QED) is 0.126. The molecule has 0 N–H and O–H groups in total. The number of benzene rings is 3. The first kappa shape index (κ1) is 60.6. The minimum atomic E-state index is -9.62. The van der Waals surface area contributed by atoms with Crippen LogP contribution in [0.3, 0.4) is 0 Å². The molecule has 0 aliphatic carbocycles. The van der Waals surface area contributed by atoms with Gasteiger partial charge in [-0.1, -0.05) is 36.4 Å². The molecule has 0 unspecified atom stereocenters. The molecule has 29 heteroatoms. The maximum Gasteiger partial charge on any atom is 0.460 e. The highest BCUT2D eigenvalue weighted by molar-refractivity contribution is 8.30. The van der Waals surface area contributed by atoms with E-state index in [0.29, 0.717) is 0 Å². The van der Waals surface area contributed by atoms with Crippen LogP contribution >= 0.6 is 10.3 Å². The number of rotatable bonds is 17. The highest BCUT2D eigenvalue weighted by Crippen LogP contribution is 2.75. The van der Waals surface area contributed by atoms with Crippen LogP contribution in [0.25, 0.3) is 0 Å². The van der Waals surface area contributed by atoms with E-state index in [1.54, 1.807) is 0 Å². The van der Waals surface area contributed by atoms with E-state index in [2.05, 4.69) is 0 Å². The number of hydrogen-bond donors (Lipinski definition) is 0. The van der Waals surface area contributed by atoms with E-state index in [0.717, 1.165) is 60.7 Å². The Balaban J connectivity index is 2.50. The Labute approximate surface area is 389 Å². The van der Waals surface area contributed by atoms with Crippen LogP contribution in [0.15, 0.2) is 87.5 Å². The Morgan fingerprint density at radius 2 is 0.648 bits per heavy atom. The predicted molar refractivity (Wildman–Crippen MR) is 204 cm³/mol. The van der Waals surface area contributed by atoms with Gasteiger partial charge in [-0.05, 0) is 86.6 Å². The summed E-state index contributed by atoms with van der Waals surface area (Å²) in [5, 5.41) is 0. The molecule has 0 amide bonds. The summed E-state index contributed by atoms with van der Waals surface area (Å²) < 4.78 is 355. The minimum Gasteiger partial charge on any atom is -0.488 e. The molecule has 3 aromatic carbocycles. The highest BCUT2D eigenvalue weighted by Gasteiger charge is 2.99. The second-order valence-corrected chi connectivity index (χ2v) is 20.8. The Kier molecular flexibility index (Phi) is 15.4. The zero-order chi connectivity index (χ0) is 55.9. The molecule has 0 aliphatic heterocycles. The van der Waals surface area contributed by atoms with Crippen molar-refractivity contribution in [2.45, 2.75) is 159 Å². The first-order chi connectivity index (χ1) is 31.2. The van der Waals surface area contributed by atoms with Gasteiger partial charge in [-0.2, -0.15) is 101 Å². The molecular formula is C42H39F23O5S. The van der Waals surface area contributed by atoms with Crippen LogP contribution in [0.1, 0.15) is 62.3 Å². The van der Waals surface area contributed by atoms with Crippen molar-refractivity contribution in [1.82, 2.24) is 0 Å². The van der Waals surface area contributed by atoms with E-state index in [4.69, 9.17) is 18.4 Å². The molecular weight excluding hydrogens is 1050 g/mol. The van der Waals surface area contributed by atoms with Crippen molar-refractivity contribution >= 4 is 16.3 Å². The maximum atomic E-state index is 16.1. The summed E-state index contributed by atoms with van der Waals surface area (Å²) in [5.41, 5.74) is -4.02. The maximum absolute atomic E-state index is 16.1. The van der Waals surface area contributed by atoms with Gasteiger partial charge >= 0.3 is 71.4 Å². The van der Waals surface area contributed by atoms with Gasteiger partial charge in [-0.25, -0.2) is 4.79 Å². The lowest BCUT2D eigenvalue weighted by Gasteiger charge is -2.45. The van der Waals surface area contributed by atoms with Crippen LogP contribution < -0.4 is 14.2 Å². The highest BCUT2D eigenvalue weighted by atomic mass is 32.3. The smallest absolute Gasteiger partial charge is 0.460 e. The lowest BCUT2D eigenvalue weighted by molar-refractivity contribution is -0.477. The van der Waals surface area contributed by atoms with Crippen LogP contribution in [0.4, 0.5) is 101 Å². The van der Waals surface area contributed by atoms with Crippen LogP contribution in [0, 0.1) is 0 Å². The third-order valence-corrected chi connectivity index (χ3v) is 12.3. The lowest BCUT2D eigenvalue weighted by Crippen LogP contribution is -2.78. The second-order valence-electron chi connectivity index (χ2n) is 18.2. The Hall–Kier alpha value is -4.73. The van der Waals surface area contributed by atoms with Crippen LogP contribution in [0.2, 0.25) is 0 Å². The van der Waals surface area contributed by atoms with Crippen molar-refractivity contribution in [2.24, 2.45) is 0 Å². The molecule has 0 radical (unpaired) electrons. The van der Waals surface area contributed by atoms with Crippen molar-refractivity contribution in [2.75, 3.05) is 0 Å². The molecule has 0 aliphatic rings. The fourth-order valence-electron chi connectivity index (χ4n) is 5.84. The van der Waals surface area contributed by atoms with Gasteiger partial charge in [0, 0.05) is 32.2 Å². The zero-order valence-electron chi connectivity index (χ0n) is 37.6. The van der Waals surface area contributed by atoms with E-state index in [-0.39, 0.29) is 5.75 Å². The first-order valence-corrected chi connectivity index (χ1v) is 21.0. The summed E-state index contributed by atoms with van der Waals surface area (Å²) in [7, 11) is -4.91. The molecule has 3 aromatic rings. The number of alkyl halides is 23. The largest absolute Gasteiger partial charge is 0.488 e. The van der Waals surface area contributed by atoms with Gasteiger partial charge in [0.2, 0.25) is 0 Å². The minimum absolute atomic E-state index is 0.210. The van der Waals surface area contributed by atoms with Crippen molar-refractivity contribution in [3.8, 4) is 17.2 Å². The normalized spacial score (nSPS) is 15.3. The van der Waals surface area contributed by atoms with E-state index in [9.17, 15) is 70.7 Å². The SMILES string of the molecule is CC(C)(C)Oc1cc(OC(C)(C)C)c(S(OC(=O)C(F)(F)C(F)(F)C(F)(F)C(F)(F)C(F)(F)C(F)(F)C(F)(F)C(F)(F)C(F)(F)C(F)(F)C(F)(F)F)(c2ccccc2)c2ccccc2)c(OC(C)(C)C)c1. The molecule has 0 heterocycles. The standard InChI is InChI=1S/C42H39F23O5S/c1-29(2,3)67-22-20-25(68-30(4,5)6)27(26(21-22)69-31(7,8)9)71(23-16-12-10-13-17-23,24-18-14-11-15-19-24)70-28(66)32(43,44)33(45,46)34(47,48)35(49,50)36(51,52)37(53,54)38(55,56)39(57,58)40(59,60)41(61,62)42(63,64)65/h10-21H,1-9H3. The summed E-state index contributed by atoms with van der Waals surface area (Å²) in [6, 6.07) is 12.2. The number of halogens is 23. The number of carbonyl (C=O) groups is 1. The van der Waals surface area contributed by atoms with Crippen LogP contribution in [-0.4, -0.2) is 88.2 Å². The molecule has 3 rings (SSSR count). The fraction of sp³-hybridized carbons (Fsp3) is 0.548. The molecule has 0 atom stereocenters. The summed E-state index contributed by atoms with van der Waals surface area (Å²) in [6.45, 7) is 12.6. The average molecular weight is 1090 g/mol. The van der Waals surface area contributed by atoms with Crippen molar-refractivity contribution in [1.29, 1.82) is 0 Å². The number of carbonyl (C=O) groups excluding carboxylic acids is 1. The summed E-state index contributed by atoms with van der Waals surface area (Å²) in [6.07, 6.45) is -8.19. The lowest BCUT2D eigenvalue weighted by atomic mass is 9.85. The number of ether oxygens (including phenoxy) is 3. The Morgan fingerprint density at radius 3 is 0.915 bits per heavy atom. The predicted octanol–water partition coefficient (Wildman–Crippen LogP) is 15.9. The molecule has 71 heavy (non-hydrogen) atoms.